The average molecular weight is 179 g/mol. The molecule has 1 aromatic rings. The molecular formula is C11H17NO. The molecular weight excluding hydrogens is 162 g/mol. The monoisotopic (exact) mass is 179 g/mol. The van der Waals surface area contributed by atoms with Crippen LogP contribution in [0.25, 0.3) is 0 Å². The highest BCUT2D eigenvalue weighted by Gasteiger charge is 2.01. The van der Waals surface area contributed by atoms with Gasteiger partial charge >= 0.3 is 0 Å². The van der Waals surface area contributed by atoms with Gasteiger partial charge in [0.15, 0.2) is 0 Å². The van der Waals surface area contributed by atoms with Crippen LogP contribution in [0.3, 0.4) is 0 Å². The first-order valence-corrected chi connectivity index (χ1v) is 4.75. The van der Waals surface area contributed by atoms with Gasteiger partial charge in [-0.1, -0.05) is 25.1 Å². The molecule has 0 fully saturated rings. The van der Waals surface area contributed by atoms with E-state index >= 15 is 0 Å². The summed E-state index contributed by atoms with van der Waals surface area (Å²) >= 11 is 0. The Labute approximate surface area is 79.9 Å². The molecule has 72 valence electrons. The zero-order valence-electron chi connectivity index (χ0n) is 8.29. The van der Waals surface area contributed by atoms with Crippen LogP contribution in [0.4, 0.5) is 0 Å². The topological polar surface area (TPSA) is 21.3 Å². The second-order valence-corrected chi connectivity index (χ2v) is 3.05. The molecule has 1 rings (SSSR count). The molecule has 1 N–H and O–H groups in total. The zero-order valence-corrected chi connectivity index (χ0v) is 8.29. The summed E-state index contributed by atoms with van der Waals surface area (Å²) in [5.74, 6) is 0.938. The lowest BCUT2D eigenvalue weighted by Gasteiger charge is -2.14. The van der Waals surface area contributed by atoms with Crippen LogP contribution in [0.5, 0.6) is 5.75 Å². The van der Waals surface area contributed by atoms with Gasteiger partial charge in [0.1, 0.15) is 11.9 Å². The van der Waals surface area contributed by atoms with E-state index in [9.17, 15) is 0 Å². The molecule has 0 aliphatic carbocycles. The Morgan fingerprint density at radius 1 is 1.31 bits per heavy atom. The smallest absolute Gasteiger partial charge is 0.119 e. The maximum absolute atomic E-state index is 5.65. The van der Waals surface area contributed by atoms with Crippen LogP contribution in [-0.2, 0) is 0 Å². The van der Waals surface area contributed by atoms with Crippen molar-refractivity contribution < 1.29 is 4.74 Å². The minimum Gasteiger partial charge on any atom is -0.489 e. The minimum absolute atomic E-state index is 0.224. The Morgan fingerprint density at radius 3 is 2.62 bits per heavy atom. The van der Waals surface area contributed by atoms with E-state index in [1.54, 1.807) is 0 Å². The van der Waals surface area contributed by atoms with E-state index in [2.05, 4.69) is 19.2 Å². The maximum Gasteiger partial charge on any atom is 0.119 e. The Morgan fingerprint density at radius 2 is 2.00 bits per heavy atom. The number of hydrogen-bond donors (Lipinski definition) is 1. The number of rotatable bonds is 5. The summed E-state index contributed by atoms with van der Waals surface area (Å²) in [5, 5.41) is 3.24. The predicted octanol–water partition coefficient (Wildman–Crippen LogP) is 2.06. The molecule has 0 bridgehead atoms. The summed E-state index contributed by atoms with van der Waals surface area (Å²) in [6.45, 7) is 6.04. The fourth-order valence-electron chi connectivity index (χ4n) is 1.12. The third kappa shape index (κ3) is 3.95. The van der Waals surface area contributed by atoms with Crippen molar-refractivity contribution in [2.45, 2.75) is 20.0 Å². The number of ether oxygens (including phenoxy) is 1. The van der Waals surface area contributed by atoms with Crippen LogP contribution in [-0.4, -0.2) is 19.2 Å². The van der Waals surface area contributed by atoms with Gasteiger partial charge in [0.2, 0.25) is 0 Å². The van der Waals surface area contributed by atoms with E-state index in [0.29, 0.717) is 0 Å². The lowest BCUT2D eigenvalue weighted by molar-refractivity contribution is 0.218. The highest BCUT2D eigenvalue weighted by molar-refractivity contribution is 5.21. The van der Waals surface area contributed by atoms with Crippen molar-refractivity contribution in [3.8, 4) is 5.75 Å². The van der Waals surface area contributed by atoms with Gasteiger partial charge in [-0.3, -0.25) is 0 Å². The van der Waals surface area contributed by atoms with E-state index in [-0.39, 0.29) is 6.10 Å². The molecule has 0 amide bonds. The fourth-order valence-corrected chi connectivity index (χ4v) is 1.12. The molecule has 1 aromatic carbocycles. The van der Waals surface area contributed by atoms with Gasteiger partial charge in [0.25, 0.3) is 0 Å². The van der Waals surface area contributed by atoms with Gasteiger partial charge < -0.3 is 10.1 Å². The third-order valence-corrected chi connectivity index (χ3v) is 1.76. The van der Waals surface area contributed by atoms with Crippen LogP contribution >= 0.6 is 0 Å². The maximum atomic E-state index is 5.65. The fraction of sp³-hybridized carbons (Fsp3) is 0.455. The van der Waals surface area contributed by atoms with Gasteiger partial charge in [0.05, 0.1) is 0 Å². The van der Waals surface area contributed by atoms with E-state index in [1.165, 1.54) is 0 Å². The van der Waals surface area contributed by atoms with Crippen LogP contribution in [0, 0.1) is 0 Å². The first kappa shape index (κ1) is 10.1. The molecule has 2 nitrogen and oxygen atoms in total. The van der Waals surface area contributed by atoms with Crippen LogP contribution < -0.4 is 10.1 Å². The van der Waals surface area contributed by atoms with E-state index < -0.39 is 0 Å². The van der Waals surface area contributed by atoms with Gasteiger partial charge in [0, 0.05) is 6.54 Å². The van der Waals surface area contributed by atoms with Crippen LogP contribution in [0.2, 0.25) is 0 Å². The van der Waals surface area contributed by atoms with E-state index in [4.69, 9.17) is 4.74 Å². The van der Waals surface area contributed by atoms with Crippen molar-refractivity contribution in [2.24, 2.45) is 0 Å². The predicted molar refractivity (Wildman–Crippen MR) is 55.1 cm³/mol. The molecule has 0 aliphatic rings. The summed E-state index contributed by atoms with van der Waals surface area (Å²) in [6, 6.07) is 9.90. The summed E-state index contributed by atoms with van der Waals surface area (Å²) in [4.78, 5) is 0. The van der Waals surface area contributed by atoms with Crippen LogP contribution in [0.1, 0.15) is 13.8 Å². The quantitative estimate of drug-likeness (QED) is 0.747. The normalized spacial score (nSPS) is 12.5. The molecule has 0 heterocycles. The SMILES string of the molecule is CCNCC(C)Oc1ccccc1. The summed E-state index contributed by atoms with van der Waals surface area (Å²) in [6.07, 6.45) is 0.224. The summed E-state index contributed by atoms with van der Waals surface area (Å²) in [7, 11) is 0. The van der Waals surface area contributed by atoms with Crippen molar-refractivity contribution in [1.82, 2.24) is 5.32 Å². The standard InChI is InChI=1S/C11H17NO/c1-3-12-9-10(2)13-11-7-5-4-6-8-11/h4-8,10,12H,3,9H2,1-2H3. The Hall–Kier alpha value is -1.02. The summed E-state index contributed by atoms with van der Waals surface area (Å²) in [5.41, 5.74) is 0. The van der Waals surface area contributed by atoms with Crippen LogP contribution in [0.15, 0.2) is 30.3 Å². The third-order valence-electron chi connectivity index (χ3n) is 1.76. The zero-order chi connectivity index (χ0) is 9.52. The van der Waals surface area contributed by atoms with Gasteiger partial charge in [-0.15, -0.1) is 0 Å². The molecule has 1 unspecified atom stereocenters. The average Bonchev–Trinajstić information content (AvgIpc) is 2.16. The molecule has 0 aliphatic heterocycles. The molecule has 0 saturated heterocycles. The molecule has 0 aromatic heterocycles. The molecule has 1 atom stereocenters. The molecule has 0 saturated carbocycles. The number of likely N-dealkylation sites (N-methyl/N-ethyl adjacent to an activating group) is 1. The summed E-state index contributed by atoms with van der Waals surface area (Å²) < 4.78 is 5.65. The highest BCUT2D eigenvalue weighted by atomic mass is 16.5. The first-order valence-electron chi connectivity index (χ1n) is 4.75. The largest absolute Gasteiger partial charge is 0.489 e. The van der Waals surface area contributed by atoms with Gasteiger partial charge in [-0.2, -0.15) is 0 Å². The van der Waals surface area contributed by atoms with E-state index in [1.807, 2.05) is 30.3 Å². The Bertz CT molecular complexity index is 223. The number of hydrogen-bond acceptors (Lipinski definition) is 2. The lowest BCUT2D eigenvalue weighted by Crippen LogP contribution is -2.28. The lowest BCUT2D eigenvalue weighted by atomic mass is 10.3. The molecule has 2 heteroatoms. The van der Waals surface area contributed by atoms with Gasteiger partial charge in [-0.05, 0) is 25.6 Å². The minimum atomic E-state index is 0.224. The first-order chi connectivity index (χ1) is 6.33. The molecule has 0 radical (unpaired) electrons. The second-order valence-electron chi connectivity index (χ2n) is 3.05. The molecule has 0 spiro atoms. The van der Waals surface area contributed by atoms with Crippen molar-refractivity contribution in [2.75, 3.05) is 13.1 Å². The Balaban J connectivity index is 2.32. The number of para-hydroxylation sites is 1. The van der Waals surface area contributed by atoms with Gasteiger partial charge in [-0.25, -0.2) is 0 Å². The van der Waals surface area contributed by atoms with Crippen molar-refractivity contribution in [1.29, 1.82) is 0 Å². The number of nitrogens with one attached hydrogen (secondary N) is 1. The number of benzene rings is 1. The highest BCUT2D eigenvalue weighted by Crippen LogP contribution is 2.09. The van der Waals surface area contributed by atoms with Crippen molar-refractivity contribution in [3.63, 3.8) is 0 Å². The Kier molecular flexibility index (Phi) is 4.33. The van der Waals surface area contributed by atoms with E-state index in [0.717, 1.165) is 18.8 Å². The van der Waals surface area contributed by atoms with Crippen molar-refractivity contribution in [3.05, 3.63) is 30.3 Å². The van der Waals surface area contributed by atoms with Crippen molar-refractivity contribution >= 4 is 0 Å². The second kappa shape index (κ2) is 5.60. The molecule has 13 heavy (non-hydrogen) atoms.